The van der Waals surface area contributed by atoms with Gasteiger partial charge in [0.05, 0.1) is 18.7 Å². The monoisotopic (exact) mass is 1310 g/mol. The van der Waals surface area contributed by atoms with Crippen LogP contribution in [0.25, 0.3) is 0 Å². The van der Waals surface area contributed by atoms with Crippen molar-refractivity contribution >= 4 is 76.9 Å². The molecule has 29 heteroatoms. The number of aliphatic hydroxyl groups excluding tert-OH is 1. The lowest BCUT2D eigenvalue weighted by atomic mass is 9.96. The lowest BCUT2D eigenvalue weighted by Gasteiger charge is -2.33. The molecule has 1 aliphatic heterocycles. The Morgan fingerprint density at radius 1 is 0.553 bits per heavy atom. The molecule has 0 unspecified atom stereocenters. The third-order valence-electron chi connectivity index (χ3n) is 15.9. The van der Waals surface area contributed by atoms with Crippen LogP contribution in [0.15, 0.2) is 84.9 Å². The number of carbonyl (C=O) groups is 13. The van der Waals surface area contributed by atoms with E-state index in [0.29, 0.717) is 24.0 Å². The van der Waals surface area contributed by atoms with Gasteiger partial charge in [-0.25, -0.2) is 0 Å². The maximum absolute atomic E-state index is 14.6. The zero-order valence-electron chi connectivity index (χ0n) is 54.2. The van der Waals surface area contributed by atoms with Crippen LogP contribution >= 0.6 is 0 Å². The molecule has 1 heterocycles. The molecule has 4 rings (SSSR count). The molecule has 12 atom stereocenters. The molecule has 1 aliphatic rings. The number of aliphatic hydroxyl groups is 1. The Hall–Kier alpha value is -9.51. The quantitative estimate of drug-likeness (QED) is 0.0310. The Kier molecular flexibility index (Phi) is 31.0. The first-order chi connectivity index (χ1) is 44.4. The lowest BCUT2D eigenvalue weighted by Crippen LogP contribution is -2.62. The highest BCUT2D eigenvalue weighted by molar-refractivity contribution is 5.99. The number of rotatable bonds is 38. The number of nitrogens with two attached hydrogens (primary N) is 3. The van der Waals surface area contributed by atoms with Gasteiger partial charge in [-0.3, -0.25) is 62.3 Å². The minimum absolute atomic E-state index is 0.0162. The fraction of sp³-hybridized carbons (Fsp3) is 0.523. The molecule has 0 aliphatic carbocycles. The van der Waals surface area contributed by atoms with Crippen molar-refractivity contribution < 1.29 is 77.6 Å². The zero-order valence-corrected chi connectivity index (χ0v) is 54.2. The number of aromatic hydroxyl groups is 1. The number of nitrogens with zero attached hydrogens (tertiary/aromatic N) is 1. The first kappa shape index (κ1) is 76.9. The summed E-state index contributed by atoms with van der Waals surface area (Å²) < 4.78 is 0. The summed E-state index contributed by atoms with van der Waals surface area (Å²) >= 11 is 0. The van der Waals surface area contributed by atoms with E-state index in [1.807, 2.05) is 30.3 Å². The molecule has 0 radical (unpaired) electrons. The number of nitrogens with one attached hydrogen (secondary N) is 9. The SMILES string of the molecule is CC[C@H](C)[C@H](NC(=O)[C@@H]1CCCN1C(=O)[C@@H](NC(=O)[C@@H](N)Cc1ccccc1)C(C)C)C(=O)N[C@@H](Cc1ccccc1)C(=O)N[C@H](C(=O)N[C@@H](Cc1ccc(O)cc1)C(=O)NCC(=O)N[C@@H](CCC(=O)O)C(=O)N[C@@H](CC(C)C)C(=O)N[C@@H](CCC(N)=O)C(N)=O)[C@@H](C)O. The molecule has 94 heavy (non-hydrogen) atoms. The first-order valence-electron chi connectivity index (χ1n) is 31.5. The van der Waals surface area contributed by atoms with Gasteiger partial charge in [0.25, 0.3) is 0 Å². The van der Waals surface area contributed by atoms with Crippen LogP contribution in [0, 0.1) is 17.8 Å². The van der Waals surface area contributed by atoms with E-state index in [9.17, 15) is 77.6 Å². The van der Waals surface area contributed by atoms with E-state index in [1.54, 1.807) is 71.9 Å². The third-order valence-corrected chi connectivity index (χ3v) is 15.9. The number of aliphatic carboxylic acids is 1. The summed E-state index contributed by atoms with van der Waals surface area (Å²) in [7, 11) is 0. The van der Waals surface area contributed by atoms with E-state index >= 15 is 0 Å². The lowest BCUT2D eigenvalue weighted by molar-refractivity contribution is -0.143. The van der Waals surface area contributed by atoms with Crippen molar-refractivity contribution in [3.05, 3.63) is 102 Å². The van der Waals surface area contributed by atoms with Gasteiger partial charge in [0.1, 0.15) is 60.1 Å². The second kappa shape index (κ2) is 37.9. The molecule has 0 bridgehead atoms. The molecular formula is C65H93N13O16. The number of likely N-dealkylation sites (tertiary alicyclic amines) is 1. The average molecular weight is 1310 g/mol. The van der Waals surface area contributed by atoms with Crippen LogP contribution in [0.1, 0.15) is 117 Å². The van der Waals surface area contributed by atoms with Crippen molar-refractivity contribution in [3.8, 4) is 5.75 Å². The number of phenolic OH excluding ortho intramolecular Hbond substituents is 1. The van der Waals surface area contributed by atoms with Crippen molar-refractivity contribution in [2.45, 2.75) is 186 Å². The summed E-state index contributed by atoms with van der Waals surface area (Å²) in [6.45, 7) is 10.9. The number of hydrogen-bond acceptors (Lipinski definition) is 16. The smallest absolute Gasteiger partial charge is 0.303 e. The van der Waals surface area contributed by atoms with Gasteiger partial charge in [-0.15, -0.1) is 0 Å². The van der Waals surface area contributed by atoms with E-state index in [-0.39, 0.29) is 63.2 Å². The maximum Gasteiger partial charge on any atom is 0.303 e. The molecule has 0 saturated carbocycles. The summed E-state index contributed by atoms with van der Waals surface area (Å²) in [5, 5.41) is 53.6. The summed E-state index contributed by atoms with van der Waals surface area (Å²) in [4.78, 5) is 177. The Labute approximate surface area is 546 Å². The predicted octanol–water partition coefficient (Wildman–Crippen LogP) is -1.52. The van der Waals surface area contributed by atoms with Crippen molar-refractivity contribution in [1.82, 2.24) is 52.8 Å². The summed E-state index contributed by atoms with van der Waals surface area (Å²) in [5.74, 6) is -13.0. The maximum atomic E-state index is 14.6. The van der Waals surface area contributed by atoms with Gasteiger partial charge in [-0.2, -0.15) is 0 Å². The Balaban J connectivity index is 1.54. The molecule has 3 aromatic rings. The number of benzene rings is 3. The van der Waals surface area contributed by atoms with Crippen molar-refractivity contribution in [1.29, 1.82) is 0 Å². The average Bonchev–Trinajstić information content (AvgIpc) is 1.58. The van der Waals surface area contributed by atoms with Gasteiger partial charge >= 0.3 is 5.97 Å². The van der Waals surface area contributed by atoms with E-state index in [4.69, 9.17) is 17.2 Å². The fourth-order valence-corrected chi connectivity index (χ4v) is 10.4. The standard InChI is InChI=1S/C65H93N13O16/c1-8-37(6)54(76-62(91)49-20-15-29-78(49)65(94)53(36(4)5)75-57(86)43(66)31-39-16-11-9-12-17-39)63(92)74-48(32-40-18-13-10-14-19-40)61(90)77-55(38(7)79)64(93)73-47(33-41-21-23-42(80)24-22-41)58(87)69-34-51(82)70-45(26-28-52(83)84)59(88)72-46(30-35(2)3)60(89)71-44(56(68)85)25-27-50(67)81/h9-14,16-19,21-24,35-38,43-49,53-55,79-80H,8,15,20,25-34,66H2,1-7H3,(H2,67,81)(H2,68,85)(H,69,87)(H,70,82)(H,71,89)(H,72,88)(H,73,93)(H,74,92)(H,75,86)(H,76,91)(H,77,90)(H,83,84)/t37-,38+,43-,44-,45-,46-,47-,48-,49-,53-,54-,55-/m0/s1. The second-order valence-electron chi connectivity index (χ2n) is 24.4. The number of carbonyl (C=O) groups excluding carboxylic acids is 12. The second-order valence-corrected chi connectivity index (χ2v) is 24.4. The van der Waals surface area contributed by atoms with Gasteiger partial charge < -0.3 is 85.3 Å². The first-order valence-corrected chi connectivity index (χ1v) is 31.5. The van der Waals surface area contributed by atoms with E-state index in [0.717, 1.165) is 5.56 Å². The molecular weight excluding hydrogens is 1220 g/mol. The Morgan fingerprint density at radius 2 is 1.05 bits per heavy atom. The number of carboxylic acid groups (broad SMARTS) is 1. The molecule has 1 fully saturated rings. The summed E-state index contributed by atoms with van der Waals surface area (Å²) in [6, 6.07) is 9.49. The highest BCUT2D eigenvalue weighted by Gasteiger charge is 2.42. The highest BCUT2D eigenvalue weighted by Crippen LogP contribution is 2.23. The summed E-state index contributed by atoms with van der Waals surface area (Å²) in [6.07, 6.45) is -2.64. The molecule has 12 amide bonds. The largest absolute Gasteiger partial charge is 0.508 e. The highest BCUT2D eigenvalue weighted by atomic mass is 16.4. The molecule has 1 saturated heterocycles. The molecule has 29 nitrogen and oxygen atoms in total. The minimum atomic E-state index is -1.83. The minimum Gasteiger partial charge on any atom is -0.508 e. The molecule has 18 N–H and O–H groups in total. The Bertz CT molecular complexity index is 3100. The number of hydrogen-bond donors (Lipinski definition) is 15. The van der Waals surface area contributed by atoms with Crippen LogP contribution in [-0.2, 0) is 81.6 Å². The van der Waals surface area contributed by atoms with Crippen LogP contribution in [0.2, 0.25) is 0 Å². The topological polar surface area (TPSA) is 472 Å². The summed E-state index contributed by atoms with van der Waals surface area (Å²) in [5.41, 5.74) is 18.7. The van der Waals surface area contributed by atoms with E-state index in [2.05, 4.69) is 47.9 Å². The van der Waals surface area contributed by atoms with Crippen molar-refractivity contribution in [3.63, 3.8) is 0 Å². The number of carboxylic acids is 1. The van der Waals surface area contributed by atoms with E-state index in [1.165, 1.54) is 36.1 Å². The van der Waals surface area contributed by atoms with Gasteiger partial charge in [0.2, 0.25) is 70.9 Å². The van der Waals surface area contributed by atoms with Gasteiger partial charge in [0.15, 0.2) is 0 Å². The van der Waals surface area contributed by atoms with Crippen molar-refractivity contribution in [2.75, 3.05) is 13.1 Å². The van der Waals surface area contributed by atoms with Crippen LogP contribution in [0.5, 0.6) is 5.75 Å². The number of primary amides is 2. The van der Waals surface area contributed by atoms with Crippen LogP contribution < -0.4 is 65.1 Å². The normalized spacial score (nSPS) is 16.3. The molecule has 514 valence electrons. The fourth-order valence-electron chi connectivity index (χ4n) is 10.4. The predicted molar refractivity (Wildman–Crippen MR) is 343 cm³/mol. The molecule has 0 spiro atoms. The number of amides is 12. The zero-order chi connectivity index (χ0) is 69.9. The Morgan fingerprint density at radius 3 is 1.59 bits per heavy atom. The van der Waals surface area contributed by atoms with E-state index < -0.39 is 175 Å². The van der Waals surface area contributed by atoms with Crippen molar-refractivity contribution in [2.24, 2.45) is 35.0 Å². The van der Waals surface area contributed by atoms with Gasteiger partial charge in [-0.05, 0) is 92.0 Å². The van der Waals surface area contributed by atoms with Crippen LogP contribution in [0.3, 0.4) is 0 Å². The van der Waals surface area contributed by atoms with Crippen LogP contribution in [-0.4, -0.2) is 177 Å². The molecule has 0 aromatic heterocycles. The molecule has 3 aromatic carbocycles. The number of phenols is 1. The van der Waals surface area contributed by atoms with Crippen LogP contribution in [0.4, 0.5) is 0 Å². The van der Waals surface area contributed by atoms with Gasteiger partial charge in [0, 0.05) is 32.2 Å². The third kappa shape index (κ3) is 25.2. The van der Waals surface area contributed by atoms with Gasteiger partial charge in [-0.1, -0.05) is 121 Å².